The SMILES string of the molecule is Cc1cnc(N2CCN(C(=O)CCNc3cc(C(F)(F)F)c(=O)[nH]n3)CC2)nc1. The van der Waals surface area contributed by atoms with Crippen LogP contribution in [0.1, 0.15) is 17.5 Å². The van der Waals surface area contributed by atoms with Crippen LogP contribution in [0.4, 0.5) is 24.9 Å². The molecule has 0 spiro atoms. The van der Waals surface area contributed by atoms with Crippen molar-refractivity contribution in [2.24, 2.45) is 0 Å². The molecule has 1 amide bonds. The van der Waals surface area contributed by atoms with E-state index in [9.17, 15) is 22.8 Å². The third-order valence-corrected chi connectivity index (χ3v) is 4.44. The monoisotopic (exact) mass is 411 g/mol. The van der Waals surface area contributed by atoms with Crippen molar-refractivity contribution in [3.63, 3.8) is 0 Å². The molecule has 0 aromatic carbocycles. The number of halogens is 3. The van der Waals surface area contributed by atoms with E-state index in [1.807, 2.05) is 11.8 Å². The molecule has 2 N–H and O–H groups in total. The van der Waals surface area contributed by atoms with Gasteiger partial charge in [-0.1, -0.05) is 0 Å². The van der Waals surface area contributed by atoms with Gasteiger partial charge >= 0.3 is 6.18 Å². The summed E-state index contributed by atoms with van der Waals surface area (Å²) in [5.74, 6) is 0.350. The predicted molar refractivity (Wildman–Crippen MR) is 98.5 cm³/mol. The summed E-state index contributed by atoms with van der Waals surface area (Å²) in [5, 5.41) is 7.95. The lowest BCUT2D eigenvalue weighted by Gasteiger charge is -2.34. The molecular weight excluding hydrogens is 391 g/mol. The molecule has 12 heteroatoms. The average Bonchev–Trinajstić information content (AvgIpc) is 2.69. The molecule has 2 aromatic rings. The van der Waals surface area contributed by atoms with Crippen LogP contribution in [0.15, 0.2) is 23.3 Å². The van der Waals surface area contributed by atoms with Crippen LogP contribution in [0.2, 0.25) is 0 Å². The van der Waals surface area contributed by atoms with Crippen LogP contribution in [0.25, 0.3) is 0 Å². The highest BCUT2D eigenvalue weighted by Gasteiger charge is 2.34. The molecule has 1 aliphatic heterocycles. The first kappa shape index (κ1) is 20.6. The number of carbonyl (C=O) groups excluding carboxylic acids is 1. The standard InChI is InChI=1S/C17H20F3N7O2/c1-11-9-22-16(23-10-11)27-6-4-26(5-7-27)14(28)2-3-21-13-8-12(17(18,19)20)15(29)25-24-13/h8-10H,2-7H2,1H3,(H,21,24)(H,25,29). The zero-order valence-electron chi connectivity index (χ0n) is 15.7. The van der Waals surface area contributed by atoms with E-state index in [1.165, 1.54) is 0 Å². The summed E-state index contributed by atoms with van der Waals surface area (Å²) in [6.45, 7) is 4.20. The zero-order chi connectivity index (χ0) is 21.0. The summed E-state index contributed by atoms with van der Waals surface area (Å²) >= 11 is 0. The molecule has 1 saturated heterocycles. The Morgan fingerprint density at radius 1 is 1.21 bits per heavy atom. The van der Waals surface area contributed by atoms with Crippen LogP contribution in [0, 0.1) is 6.92 Å². The number of H-pyrrole nitrogens is 1. The Kier molecular flexibility index (Phi) is 5.99. The number of nitrogens with zero attached hydrogens (tertiary/aromatic N) is 5. The fourth-order valence-corrected chi connectivity index (χ4v) is 2.87. The number of hydrogen-bond donors (Lipinski definition) is 2. The number of amides is 1. The Labute approximate surface area is 164 Å². The van der Waals surface area contributed by atoms with Gasteiger partial charge in [0, 0.05) is 57.6 Å². The molecule has 3 heterocycles. The van der Waals surface area contributed by atoms with E-state index in [0.717, 1.165) is 5.56 Å². The highest BCUT2D eigenvalue weighted by molar-refractivity contribution is 5.77. The van der Waals surface area contributed by atoms with Crippen LogP contribution in [-0.2, 0) is 11.0 Å². The number of aromatic amines is 1. The molecule has 9 nitrogen and oxygen atoms in total. The Bertz CT molecular complexity index is 906. The second kappa shape index (κ2) is 8.45. The largest absolute Gasteiger partial charge is 0.421 e. The minimum atomic E-state index is -4.77. The Hall–Kier alpha value is -3.18. The third kappa shape index (κ3) is 5.21. The van der Waals surface area contributed by atoms with E-state index in [4.69, 9.17) is 0 Å². The van der Waals surface area contributed by atoms with Crippen molar-refractivity contribution in [2.75, 3.05) is 42.9 Å². The van der Waals surface area contributed by atoms with E-state index < -0.39 is 17.3 Å². The summed E-state index contributed by atoms with van der Waals surface area (Å²) < 4.78 is 38.2. The number of alkyl halides is 3. The maximum atomic E-state index is 12.7. The van der Waals surface area contributed by atoms with Crippen LogP contribution >= 0.6 is 0 Å². The van der Waals surface area contributed by atoms with Gasteiger partial charge in [-0.25, -0.2) is 15.1 Å². The fourth-order valence-electron chi connectivity index (χ4n) is 2.87. The van der Waals surface area contributed by atoms with E-state index in [0.29, 0.717) is 38.2 Å². The van der Waals surface area contributed by atoms with Crippen LogP contribution in [-0.4, -0.2) is 63.7 Å². The topological polar surface area (TPSA) is 107 Å². The third-order valence-electron chi connectivity index (χ3n) is 4.44. The summed E-state index contributed by atoms with van der Waals surface area (Å²) in [6.07, 6.45) is -1.21. The van der Waals surface area contributed by atoms with Gasteiger partial charge in [0.25, 0.3) is 5.56 Å². The molecule has 0 saturated carbocycles. The van der Waals surface area contributed by atoms with Crippen molar-refractivity contribution in [3.8, 4) is 0 Å². The fraction of sp³-hybridized carbons (Fsp3) is 0.471. The van der Waals surface area contributed by atoms with Gasteiger partial charge in [0.2, 0.25) is 11.9 Å². The Balaban J connectivity index is 1.47. The van der Waals surface area contributed by atoms with Crippen LogP contribution in [0.3, 0.4) is 0 Å². The average molecular weight is 411 g/mol. The molecule has 2 aromatic heterocycles. The number of rotatable bonds is 5. The van der Waals surface area contributed by atoms with Gasteiger partial charge in [-0.2, -0.15) is 18.3 Å². The van der Waals surface area contributed by atoms with E-state index in [2.05, 4.69) is 20.4 Å². The van der Waals surface area contributed by atoms with E-state index in [1.54, 1.807) is 22.4 Å². The summed E-state index contributed by atoms with van der Waals surface area (Å²) in [4.78, 5) is 35.8. The molecule has 156 valence electrons. The Morgan fingerprint density at radius 2 is 1.86 bits per heavy atom. The normalized spacial score (nSPS) is 14.8. The number of aromatic nitrogens is 4. The molecule has 0 atom stereocenters. The number of nitrogens with one attached hydrogen (secondary N) is 2. The number of piperazine rings is 1. The molecule has 1 fully saturated rings. The molecule has 0 unspecified atom stereocenters. The molecule has 29 heavy (non-hydrogen) atoms. The zero-order valence-corrected chi connectivity index (χ0v) is 15.7. The molecule has 0 aliphatic carbocycles. The van der Waals surface area contributed by atoms with Gasteiger partial charge in [-0.05, 0) is 12.5 Å². The quantitative estimate of drug-likeness (QED) is 0.757. The predicted octanol–water partition coefficient (Wildman–Crippen LogP) is 1.04. The number of aryl methyl sites for hydroxylation is 1. The van der Waals surface area contributed by atoms with Crippen molar-refractivity contribution in [1.29, 1.82) is 0 Å². The summed E-state index contributed by atoms with van der Waals surface area (Å²) in [7, 11) is 0. The van der Waals surface area contributed by atoms with Crippen LogP contribution < -0.4 is 15.8 Å². The first-order chi connectivity index (χ1) is 13.7. The first-order valence-electron chi connectivity index (χ1n) is 8.96. The lowest BCUT2D eigenvalue weighted by Crippen LogP contribution is -2.49. The molecular formula is C17H20F3N7O2. The van der Waals surface area contributed by atoms with E-state index >= 15 is 0 Å². The second-order valence-corrected chi connectivity index (χ2v) is 6.60. The lowest BCUT2D eigenvalue weighted by atomic mass is 10.2. The van der Waals surface area contributed by atoms with Crippen molar-refractivity contribution in [3.05, 3.63) is 39.9 Å². The highest BCUT2D eigenvalue weighted by Crippen LogP contribution is 2.27. The highest BCUT2D eigenvalue weighted by atomic mass is 19.4. The summed E-state index contributed by atoms with van der Waals surface area (Å²) in [6, 6.07) is 0.629. The molecule has 3 rings (SSSR count). The molecule has 0 radical (unpaired) electrons. The number of anilines is 2. The first-order valence-corrected chi connectivity index (χ1v) is 8.96. The van der Waals surface area contributed by atoms with Crippen molar-refractivity contribution in [1.82, 2.24) is 25.1 Å². The number of carbonyl (C=O) groups is 1. The minimum absolute atomic E-state index is 0.0865. The van der Waals surface area contributed by atoms with E-state index in [-0.39, 0.29) is 24.7 Å². The van der Waals surface area contributed by atoms with Crippen molar-refractivity contribution >= 4 is 17.7 Å². The second-order valence-electron chi connectivity index (χ2n) is 6.60. The van der Waals surface area contributed by atoms with Gasteiger partial charge in [-0.3, -0.25) is 9.59 Å². The van der Waals surface area contributed by atoms with Gasteiger partial charge < -0.3 is 15.1 Å². The maximum absolute atomic E-state index is 12.7. The lowest BCUT2D eigenvalue weighted by molar-refractivity contribution is -0.138. The van der Waals surface area contributed by atoms with Gasteiger partial charge in [0.05, 0.1) is 0 Å². The molecule has 0 bridgehead atoms. The van der Waals surface area contributed by atoms with Crippen molar-refractivity contribution < 1.29 is 18.0 Å². The van der Waals surface area contributed by atoms with Gasteiger partial charge in [-0.15, -0.1) is 0 Å². The molecule has 1 aliphatic rings. The van der Waals surface area contributed by atoms with Gasteiger partial charge in [0.1, 0.15) is 11.4 Å². The maximum Gasteiger partial charge on any atom is 0.421 e. The van der Waals surface area contributed by atoms with Crippen LogP contribution in [0.5, 0.6) is 0 Å². The minimum Gasteiger partial charge on any atom is -0.368 e. The Morgan fingerprint density at radius 3 is 2.48 bits per heavy atom. The van der Waals surface area contributed by atoms with Gasteiger partial charge in [0.15, 0.2) is 0 Å². The smallest absolute Gasteiger partial charge is 0.368 e. The summed E-state index contributed by atoms with van der Waals surface area (Å²) in [5.41, 5.74) is -1.68. The number of hydrogen-bond acceptors (Lipinski definition) is 7. The van der Waals surface area contributed by atoms with Crippen molar-refractivity contribution in [2.45, 2.75) is 19.5 Å².